The number of halogens is 1. The smallest absolute Gasteiger partial charge is 0.232 e. The molecule has 1 unspecified atom stereocenters. The van der Waals surface area contributed by atoms with E-state index >= 15 is 0 Å². The van der Waals surface area contributed by atoms with Gasteiger partial charge < -0.3 is 19.2 Å². The minimum Gasteiger partial charge on any atom is -0.441 e. The molecular weight excluding hydrogens is 363 g/mol. The average molecular weight is 384 g/mol. The molecule has 7 nitrogen and oxygen atoms in total. The Morgan fingerprint density at radius 2 is 2.04 bits per heavy atom. The Morgan fingerprint density at radius 3 is 2.69 bits per heavy atom. The number of benzene rings is 1. The lowest BCUT2D eigenvalue weighted by Gasteiger charge is -2.13. The van der Waals surface area contributed by atoms with Crippen molar-refractivity contribution in [2.45, 2.75) is 19.0 Å². The molecule has 2 rings (SSSR count). The largest absolute Gasteiger partial charge is 0.441 e. The average Bonchev–Trinajstić information content (AvgIpc) is 2.96. The van der Waals surface area contributed by atoms with Crippen LogP contribution < -0.4 is 5.32 Å². The van der Waals surface area contributed by atoms with E-state index in [4.69, 9.17) is 13.9 Å². The summed E-state index contributed by atoms with van der Waals surface area (Å²) < 4.78 is 41.4. The van der Waals surface area contributed by atoms with E-state index in [1.54, 1.807) is 25.1 Å². The number of ether oxygens (including phenoxy) is 2. The van der Waals surface area contributed by atoms with E-state index in [0.29, 0.717) is 11.5 Å². The van der Waals surface area contributed by atoms with Gasteiger partial charge in [0, 0.05) is 25.0 Å². The number of aromatic nitrogens is 1. The molecule has 1 N–H and O–H groups in total. The van der Waals surface area contributed by atoms with Gasteiger partial charge in [0.05, 0.1) is 23.6 Å². The first-order valence-corrected chi connectivity index (χ1v) is 9.31. The fraction of sp³-hybridized carbons (Fsp3) is 0.412. The van der Waals surface area contributed by atoms with Crippen LogP contribution in [-0.4, -0.2) is 47.9 Å². The molecule has 0 bridgehead atoms. The molecule has 9 heteroatoms. The van der Waals surface area contributed by atoms with Crippen LogP contribution in [0.5, 0.6) is 0 Å². The summed E-state index contributed by atoms with van der Waals surface area (Å²) in [6.07, 6.45) is -0.562. The number of hydrogen-bond acceptors (Lipinski definition) is 6. The van der Waals surface area contributed by atoms with Crippen LogP contribution in [0.25, 0.3) is 11.5 Å². The van der Waals surface area contributed by atoms with Gasteiger partial charge in [-0.25, -0.2) is 9.37 Å². The predicted octanol–water partition coefficient (Wildman–Crippen LogP) is 1.77. The quantitative estimate of drug-likeness (QED) is 0.663. The SMILES string of the molecule is COC(CNC(=O)CS(=O)Cc1nc(-c2ccccc2F)oc1C)OC. The summed E-state index contributed by atoms with van der Waals surface area (Å²) in [4.78, 5) is 16.0. The highest BCUT2D eigenvalue weighted by Gasteiger charge is 2.18. The van der Waals surface area contributed by atoms with Crippen molar-refractivity contribution in [2.75, 3.05) is 26.5 Å². The van der Waals surface area contributed by atoms with Crippen molar-refractivity contribution in [1.82, 2.24) is 10.3 Å². The van der Waals surface area contributed by atoms with E-state index in [0.717, 1.165) is 0 Å². The summed E-state index contributed by atoms with van der Waals surface area (Å²) in [6, 6.07) is 6.11. The third-order valence-electron chi connectivity index (χ3n) is 3.58. The van der Waals surface area contributed by atoms with Crippen LogP contribution in [-0.2, 0) is 30.8 Å². The maximum atomic E-state index is 13.8. The van der Waals surface area contributed by atoms with Gasteiger partial charge >= 0.3 is 0 Å². The van der Waals surface area contributed by atoms with Crippen LogP contribution in [0, 0.1) is 12.7 Å². The van der Waals surface area contributed by atoms with Gasteiger partial charge in [0.2, 0.25) is 11.8 Å². The van der Waals surface area contributed by atoms with Crippen molar-refractivity contribution in [3.8, 4) is 11.5 Å². The summed E-state index contributed by atoms with van der Waals surface area (Å²) in [5, 5.41) is 2.58. The summed E-state index contributed by atoms with van der Waals surface area (Å²) in [5.74, 6) is -0.433. The number of nitrogens with zero attached hydrogens (tertiary/aromatic N) is 1. The van der Waals surface area contributed by atoms with Crippen LogP contribution in [0.4, 0.5) is 4.39 Å². The molecule has 1 heterocycles. The topological polar surface area (TPSA) is 90.7 Å². The van der Waals surface area contributed by atoms with Crippen molar-refractivity contribution in [3.05, 3.63) is 41.5 Å². The van der Waals surface area contributed by atoms with Gasteiger partial charge in [-0.1, -0.05) is 12.1 Å². The molecule has 0 spiro atoms. The first-order valence-electron chi connectivity index (χ1n) is 7.83. The van der Waals surface area contributed by atoms with Gasteiger partial charge in [-0.2, -0.15) is 0 Å². The molecule has 0 radical (unpaired) electrons. The second kappa shape index (κ2) is 9.56. The molecule has 1 atom stereocenters. The number of carbonyl (C=O) groups excluding carboxylic acids is 1. The number of oxazole rings is 1. The molecule has 0 aliphatic rings. The van der Waals surface area contributed by atoms with Crippen LogP contribution in [0.2, 0.25) is 0 Å². The lowest BCUT2D eigenvalue weighted by Crippen LogP contribution is -2.36. The third-order valence-corrected chi connectivity index (χ3v) is 4.76. The standard InChI is InChI=1S/C17H21FN2O5S/c1-11-14(20-17(25-11)12-6-4-5-7-13(12)18)9-26(22)10-15(21)19-8-16(23-2)24-3/h4-7,16H,8-10H2,1-3H3,(H,19,21). The van der Waals surface area contributed by atoms with Crippen molar-refractivity contribution in [1.29, 1.82) is 0 Å². The summed E-state index contributed by atoms with van der Waals surface area (Å²) in [5.41, 5.74) is 0.664. The predicted molar refractivity (Wildman–Crippen MR) is 94.2 cm³/mol. The van der Waals surface area contributed by atoms with Gasteiger partial charge in [-0.3, -0.25) is 9.00 Å². The molecule has 26 heavy (non-hydrogen) atoms. The zero-order chi connectivity index (χ0) is 19.1. The van der Waals surface area contributed by atoms with Gasteiger partial charge in [0.15, 0.2) is 6.29 Å². The molecule has 142 valence electrons. The molecule has 1 aromatic carbocycles. The fourth-order valence-electron chi connectivity index (χ4n) is 2.17. The van der Waals surface area contributed by atoms with E-state index in [1.165, 1.54) is 20.3 Å². The molecule has 0 saturated carbocycles. The lowest BCUT2D eigenvalue weighted by atomic mass is 10.2. The van der Waals surface area contributed by atoms with Crippen LogP contribution >= 0.6 is 0 Å². The zero-order valence-corrected chi connectivity index (χ0v) is 15.6. The van der Waals surface area contributed by atoms with E-state index in [2.05, 4.69) is 10.3 Å². The number of nitrogens with one attached hydrogen (secondary N) is 1. The number of hydrogen-bond donors (Lipinski definition) is 1. The highest BCUT2D eigenvalue weighted by molar-refractivity contribution is 7.84. The molecular formula is C17H21FN2O5S. The normalized spacial score (nSPS) is 12.3. The minimum absolute atomic E-state index is 0.0369. The highest BCUT2D eigenvalue weighted by Crippen LogP contribution is 2.24. The Morgan fingerprint density at radius 1 is 1.35 bits per heavy atom. The summed E-state index contributed by atoms with van der Waals surface area (Å²) in [6.45, 7) is 1.81. The van der Waals surface area contributed by atoms with Crippen molar-refractivity contribution in [3.63, 3.8) is 0 Å². The molecule has 0 aliphatic carbocycles. The van der Waals surface area contributed by atoms with E-state index in [9.17, 15) is 13.4 Å². The van der Waals surface area contributed by atoms with Gasteiger partial charge in [-0.15, -0.1) is 0 Å². The number of methoxy groups -OCH3 is 2. The van der Waals surface area contributed by atoms with Crippen LogP contribution in [0.15, 0.2) is 28.7 Å². The number of amides is 1. The van der Waals surface area contributed by atoms with Crippen LogP contribution in [0.3, 0.4) is 0 Å². The van der Waals surface area contributed by atoms with E-state index < -0.39 is 28.8 Å². The Hall–Kier alpha value is -2.10. The third kappa shape index (κ3) is 5.45. The Balaban J connectivity index is 1.95. The Bertz CT molecular complexity index is 776. The number of rotatable bonds is 9. The molecule has 0 fully saturated rings. The second-order valence-corrected chi connectivity index (χ2v) is 6.89. The maximum Gasteiger partial charge on any atom is 0.232 e. The van der Waals surface area contributed by atoms with Gasteiger partial charge in [-0.05, 0) is 19.1 Å². The first kappa shape index (κ1) is 20.2. The first-order chi connectivity index (χ1) is 12.4. The second-order valence-electron chi connectivity index (χ2n) is 5.44. The number of carbonyl (C=O) groups is 1. The lowest BCUT2D eigenvalue weighted by molar-refractivity contribution is -0.125. The van der Waals surface area contributed by atoms with Crippen molar-refractivity contribution < 1.29 is 27.3 Å². The van der Waals surface area contributed by atoms with E-state index in [-0.39, 0.29) is 29.5 Å². The van der Waals surface area contributed by atoms with Crippen molar-refractivity contribution >= 4 is 16.7 Å². The van der Waals surface area contributed by atoms with Crippen LogP contribution in [0.1, 0.15) is 11.5 Å². The molecule has 0 saturated heterocycles. The van der Waals surface area contributed by atoms with E-state index in [1.807, 2.05) is 0 Å². The van der Waals surface area contributed by atoms with Crippen molar-refractivity contribution in [2.24, 2.45) is 0 Å². The zero-order valence-electron chi connectivity index (χ0n) is 14.8. The Labute approximate surface area is 153 Å². The monoisotopic (exact) mass is 384 g/mol. The molecule has 1 aromatic heterocycles. The highest BCUT2D eigenvalue weighted by atomic mass is 32.2. The van der Waals surface area contributed by atoms with Gasteiger partial charge in [0.25, 0.3) is 0 Å². The maximum absolute atomic E-state index is 13.8. The number of aryl methyl sites for hydroxylation is 1. The molecule has 0 aliphatic heterocycles. The molecule has 1 amide bonds. The fourth-order valence-corrected chi connectivity index (χ4v) is 3.24. The van der Waals surface area contributed by atoms with Gasteiger partial charge in [0.1, 0.15) is 17.3 Å². The summed E-state index contributed by atoms with van der Waals surface area (Å²) in [7, 11) is 1.43. The molecule has 2 aromatic rings. The summed E-state index contributed by atoms with van der Waals surface area (Å²) >= 11 is 0. The minimum atomic E-state index is -1.49. The Kier molecular flexibility index (Phi) is 7.43.